The Kier molecular flexibility index (Phi) is 8.77. The Labute approximate surface area is 242 Å². The van der Waals surface area contributed by atoms with Crippen LogP contribution in [0.15, 0.2) is 91.3 Å². The zero-order valence-corrected chi connectivity index (χ0v) is 23.0. The number of esters is 1. The van der Waals surface area contributed by atoms with Crippen LogP contribution in [0.3, 0.4) is 0 Å². The van der Waals surface area contributed by atoms with Gasteiger partial charge in [0.05, 0.1) is 37.0 Å². The number of amides is 1. The average Bonchev–Trinajstić information content (AvgIpc) is 3.42. The first-order valence-electron chi connectivity index (χ1n) is 13.6. The van der Waals surface area contributed by atoms with Gasteiger partial charge < -0.3 is 24.9 Å². The molecule has 0 aliphatic carbocycles. The van der Waals surface area contributed by atoms with Crippen LogP contribution in [0.25, 0.3) is 33.3 Å². The molecule has 0 bridgehead atoms. The van der Waals surface area contributed by atoms with E-state index < -0.39 is 12.0 Å². The van der Waals surface area contributed by atoms with Crippen molar-refractivity contribution in [2.75, 3.05) is 13.2 Å². The number of nitrogens with zero attached hydrogens (tertiary/aromatic N) is 1. The van der Waals surface area contributed by atoms with Gasteiger partial charge in [-0.25, -0.2) is 9.18 Å². The number of nitrogens with one attached hydrogen (secondary N) is 2. The van der Waals surface area contributed by atoms with E-state index in [4.69, 9.17) is 9.47 Å². The van der Waals surface area contributed by atoms with Gasteiger partial charge in [-0.05, 0) is 60.5 Å². The first-order chi connectivity index (χ1) is 20.4. The van der Waals surface area contributed by atoms with Crippen molar-refractivity contribution in [1.82, 2.24) is 15.3 Å². The van der Waals surface area contributed by atoms with Crippen LogP contribution in [0.4, 0.5) is 4.39 Å². The van der Waals surface area contributed by atoms with Crippen molar-refractivity contribution in [1.29, 1.82) is 0 Å². The van der Waals surface area contributed by atoms with Gasteiger partial charge in [-0.3, -0.25) is 9.78 Å². The Hall–Kier alpha value is -5.18. The molecule has 42 heavy (non-hydrogen) atoms. The molecule has 9 heteroatoms. The van der Waals surface area contributed by atoms with Crippen molar-refractivity contribution in [3.05, 3.63) is 103 Å². The fourth-order valence-corrected chi connectivity index (χ4v) is 4.66. The molecule has 1 unspecified atom stereocenters. The maximum atomic E-state index is 13.1. The highest BCUT2D eigenvalue weighted by Gasteiger charge is 2.22. The van der Waals surface area contributed by atoms with Crippen LogP contribution in [0.5, 0.6) is 11.5 Å². The molecular weight excluding hydrogens is 537 g/mol. The first kappa shape index (κ1) is 28.4. The standard InChI is InChI=1S/C33H30FN3O5/c1-2-41-33(40)28(15-17-42-25-12-10-24(34)11-13-25)37-31(38)18-21-6-8-22(9-7-21)26-4-3-5-27(32(26)39)29-19-23-14-16-35-20-30(23)36-29/h3-14,16,19-20,28,36,39H,2,15,17-18H2,1H3,(H,37,38). The molecule has 5 rings (SSSR count). The van der Waals surface area contributed by atoms with E-state index in [1.807, 2.05) is 54.6 Å². The highest BCUT2D eigenvalue weighted by Crippen LogP contribution is 2.38. The van der Waals surface area contributed by atoms with Crippen LogP contribution in [-0.2, 0) is 20.7 Å². The third-order valence-corrected chi connectivity index (χ3v) is 6.78. The largest absolute Gasteiger partial charge is 0.507 e. The summed E-state index contributed by atoms with van der Waals surface area (Å²) in [6.07, 6.45) is 3.69. The SMILES string of the molecule is CCOC(=O)C(CCOc1ccc(F)cc1)NC(=O)Cc1ccc(-c2cccc(-c3cc4ccncc4[nH]3)c2O)cc1. The van der Waals surface area contributed by atoms with Gasteiger partial charge in [0.2, 0.25) is 5.91 Å². The Bertz CT molecular complexity index is 1650. The number of benzene rings is 3. The van der Waals surface area contributed by atoms with E-state index in [-0.39, 0.29) is 43.5 Å². The van der Waals surface area contributed by atoms with Gasteiger partial charge in [0.15, 0.2) is 0 Å². The van der Waals surface area contributed by atoms with E-state index in [0.717, 1.165) is 27.7 Å². The zero-order valence-electron chi connectivity index (χ0n) is 23.0. The summed E-state index contributed by atoms with van der Waals surface area (Å²) in [5.74, 6) is -0.671. The number of aromatic nitrogens is 2. The Morgan fingerprint density at radius 3 is 2.52 bits per heavy atom. The fraction of sp³-hybridized carbons (Fsp3) is 0.182. The fourth-order valence-electron chi connectivity index (χ4n) is 4.66. The van der Waals surface area contributed by atoms with E-state index in [9.17, 15) is 19.1 Å². The first-order valence-corrected chi connectivity index (χ1v) is 13.6. The van der Waals surface area contributed by atoms with Crippen molar-refractivity contribution in [3.63, 3.8) is 0 Å². The molecule has 1 atom stereocenters. The van der Waals surface area contributed by atoms with Crippen molar-refractivity contribution in [3.8, 4) is 33.9 Å². The summed E-state index contributed by atoms with van der Waals surface area (Å²) >= 11 is 0. The van der Waals surface area contributed by atoms with Crippen LogP contribution in [-0.4, -0.2) is 46.2 Å². The number of halogens is 1. The van der Waals surface area contributed by atoms with Gasteiger partial charge in [-0.2, -0.15) is 0 Å². The average molecular weight is 568 g/mol. The number of carbonyl (C=O) groups excluding carboxylic acids is 2. The highest BCUT2D eigenvalue weighted by molar-refractivity contribution is 5.89. The third-order valence-electron chi connectivity index (χ3n) is 6.78. The van der Waals surface area contributed by atoms with Gasteiger partial charge in [0, 0.05) is 29.1 Å². The minimum Gasteiger partial charge on any atom is -0.507 e. The van der Waals surface area contributed by atoms with Crippen molar-refractivity contribution in [2.45, 2.75) is 25.8 Å². The van der Waals surface area contributed by atoms with Crippen LogP contribution in [0.1, 0.15) is 18.9 Å². The minimum absolute atomic E-state index is 0.0458. The lowest BCUT2D eigenvalue weighted by Gasteiger charge is -2.18. The third kappa shape index (κ3) is 6.75. The molecule has 0 spiro atoms. The smallest absolute Gasteiger partial charge is 0.328 e. The summed E-state index contributed by atoms with van der Waals surface area (Å²) < 4.78 is 23.8. The number of H-pyrrole nitrogens is 1. The second-order valence-electron chi connectivity index (χ2n) is 9.68. The second-order valence-corrected chi connectivity index (χ2v) is 9.68. The molecule has 2 aromatic heterocycles. The number of ether oxygens (including phenoxy) is 2. The lowest BCUT2D eigenvalue weighted by molar-refractivity contribution is -0.147. The quantitative estimate of drug-likeness (QED) is 0.174. The van der Waals surface area contributed by atoms with Gasteiger partial charge in [0.1, 0.15) is 23.4 Å². The van der Waals surface area contributed by atoms with Crippen LogP contribution < -0.4 is 10.1 Å². The van der Waals surface area contributed by atoms with Crippen LogP contribution in [0, 0.1) is 5.82 Å². The highest BCUT2D eigenvalue weighted by atomic mass is 19.1. The number of pyridine rings is 1. The Morgan fingerprint density at radius 1 is 1.02 bits per heavy atom. The number of hydrogen-bond acceptors (Lipinski definition) is 6. The molecule has 5 aromatic rings. The molecule has 3 aromatic carbocycles. The normalized spacial score (nSPS) is 11.7. The second kappa shape index (κ2) is 13.0. The molecule has 214 valence electrons. The van der Waals surface area contributed by atoms with E-state index in [2.05, 4.69) is 15.3 Å². The monoisotopic (exact) mass is 567 g/mol. The van der Waals surface area contributed by atoms with Crippen LogP contribution >= 0.6 is 0 Å². The molecular formula is C33H30FN3O5. The Morgan fingerprint density at radius 2 is 1.79 bits per heavy atom. The number of hydrogen-bond donors (Lipinski definition) is 3. The molecule has 3 N–H and O–H groups in total. The summed E-state index contributed by atoms with van der Waals surface area (Å²) in [7, 11) is 0. The zero-order chi connectivity index (χ0) is 29.5. The number of fused-ring (bicyclic) bond motifs is 1. The van der Waals surface area contributed by atoms with E-state index in [1.165, 1.54) is 24.3 Å². The summed E-state index contributed by atoms with van der Waals surface area (Å²) in [6.45, 7) is 2.00. The summed E-state index contributed by atoms with van der Waals surface area (Å²) in [4.78, 5) is 32.7. The molecule has 0 saturated heterocycles. The number of carbonyl (C=O) groups is 2. The maximum Gasteiger partial charge on any atom is 0.328 e. The predicted molar refractivity (Wildman–Crippen MR) is 157 cm³/mol. The molecule has 0 radical (unpaired) electrons. The maximum absolute atomic E-state index is 13.1. The van der Waals surface area contributed by atoms with Crippen molar-refractivity contribution in [2.24, 2.45) is 0 Å². The number of rotatable bonds is 11. The summed E-state index contributed by atoms with van der Waals surface area (Å²) in [6, 6.07) is 21.4. The van der Waals surface area contributed by atoms with E-state index >= 15 is 0 Å². The number of aromatic hydroxyl groups is 1. The van der Waals surface area contributed by atoms with Crippen LogP contribution in [0.2, 0.25) is 0 Å². The van der Waals surface area contributed by atoms with E-state index in [1.54, 1.807) is 19.3 Å². The number of para-hydroxylation sites is 1. The van der Waals surface area contributed by atoms with E-state index in [0.29, 0.717) is 16.9 Å². The number of phenolic OH excluding ortho intramolecular Hbond substituents is 1. The van der Waals surface area contributed by atoms with Gasteiger partial charge in [0.25, 0.3) is 0 Å². The van der Waals surface area contributed by atoms with Gasteiger partial charge in [-0.1, -0.05) is 36.4 Å². The minimum atomic E-state index is -0.891. The molecule has 0 fully saturated rings. The molecule has 2 heterocycles. The lowest BCUT2D eigenvalue weighted by atomic mass is 9.98. The molecule has 0 saturated carbocycles. The lowest BCUT2D eigenvalue weighted by Crippen LogP contribution is -2.43. The van der Waals surface area contributed by atoms with Crippen molar-refractivity contribution >= 4 is 22.8 Å². The number of aromatic amines is 1. The van der Waals surface area contributed by atoms with Crippen molar-refractivity contribution < 1.29 is 28.6 Å². The molecule has 0 aliphatic rings. The molecule has 1 amide bonds. The number of phenols is 1. The molecule has 0 aliphatic heterocycles. The summed E-state index contributed by atoms with van der Waals surface area (Å²) in [5.41, 5.74) is 4.51. The van der Waals surface area contributed by atoms with Gasteiger partial charge in [-0.15, -0.1) is 0 Å². The van der Waals surface area contributed by atoms with Gasteiger partial charge >= 0.3 is 5.97 Å². The predicted octanol–water partition coefficient (Wildman–Crippen LogP) is 5.80. The topological polar surface area (TPSA) is 114 Å². The Balaban J connectivity index is 1.23. The summed E-state index contributed by atoms with van der Waals surface area (Å²) in [5, 5.41) is 14.8. The molecule has 8 nitrogen and oxygen atoms in total.